The Hall–Kier alpha value is -3.50. The maximum atomic E-state index is 13.9. The van der Waals surface area contributed by atoms with Crippen molar-refractivity contribution in [3.63, 3.8) is 0 Å². The molecule has 4 heteroatoms. The van der Waals surface area contributed by atoms with Crippen LogP contribution in [0.1, 0.15) is 22.6 Å². The second-order valence-corrected chi connectivity index (χ2v) is 8.68. The molecule has 4 aromatic rings. The van der Waals surface area contributed by atoms with Crippen LogP contribution in [0.3, 0.4) is 0 Å². The zero-order valence-electron chi connectivity index (χ0n) is 18.6. The second kappa shape index (κ2) is 9.97. The molecule has 4 nitrogen and oxygen atoms in total. The molecule has 166 valence electrons. The van der Waals surface area contributed by atoms with Crippen LogP contribution in [0.2, 0.25) is 0 Å². The van der Waals surface area contributed by atoms with Crippen LogP contribution < -0.4 is 0 Å². The van der Waals surface area contributed by atoms with Gasteiger partial charge in [-0.2, -0.15) is 0 Å². The Morgan fingerprint density at radius 1 is 0.909 bits per heavy atom. The van der Waals surface area contributed by atoms with Crippen LogP contribution in [0.5, 0.6) is 0 Å². The van der Waals surface area contributed by atoms with Gasteiger partial charge in [0.25, 0.3) is 0 Å². The van der Waals surface area contributed by atoms with Crippen LogP contribution in [0, 0.1) is 5.92 Å². The number of carbonyl (C=O) groups excluding carboxylic acids is 1. The summed E-state index contributed by atoms with van der Waals surface area (Å²) >= 11 is 0. The van der Waals surface area contributed by atoms with Crippen LogP contribution in [0.25, 0.3) is 10.9 Å². The van der Waals surface area contributed by atoms with Gasteiger partial charge in [0, 0.05) is 30.6 Å². The highest BCUT2D eigenvalue weighted by atomic mass is 16.5. The molecule has 0 bridgehead atoms. The lowest BCUT2D eigenvalue weighted by Gasteiger charge is -2.28. The Morgan fingerprint density at radius 2 is 1.61 bits per heavy atom. The Labute approximate surface area is 194 Å². The fourth-order valence-corrected chi connectivity index (χ4v) is 4.80. The average molecular weight is 437 g/mol. The van der Waals surface area contributed by atoms with E-state index in [2.05, 4.69) is 29.2 Å². The molecule has 2 heterocycles. The van der Waals surface area contributed by atoms with Crippen LogP contribution >= 0.6 is 0 Å². The SMILES string of the molecule is O=C(C(c1ccccc1)c1ccccc1)N1CCOC[C@@H](Cc2cccc3cccnc23)C1. The number of carbonyl (C=O) groups is 1. The summed E-state index contributed by atoms with van der Waals surface area (Å²) in [6.07, 6.45) is 2.68. The van der Waals surface area contributed by atoms with Crippen molar-refractivity contribution in [1.29, 1.82) is 0 Å². The van der Waals surface area contributed by atoms with Crippen molar-refractivity contribution in [2.75, 3.05) is 26.3 Å². The molecule has 1 aliphatic heterocycles. The highest BCUT2D eigenvalue weighted by molar-refractivity contribution is 5.87. The minimum atomic E-state index is -0.314. The van der Waals surface area contributed by atoms with Crippen LogP contribution in [0.4, 0.5) is 0 Å². The number of nitrogens with zero attached hydrogens (tertiary/aromatic N) is 2. The van der Waals surface area contributed by atoms with Gasteiger partial charge in [-0.1, -0.05) is 84.9 Å². The van der Waals surface area contributed by atoms with Crippen LogP contribution in [-0.2, 0) is 16.0 Å². The largest absolute Gasteiger partial charge is 0.379 e. The number of para-hydroxylation sites is 1. The molecule has 1 fully saturated rings. The summed E-state index contributed by atoms with van der Waals surface area (Å²) < 4.78 is 5.95. The third kappa shape index (κ3) is 4.81. The number of aromatic nitrogens is 1. The van der Waals surface area contributed by atoms with Gasteiger partial charge in [-0.15, -0.1) is 0 Å². The molecule has 0 spiro atoms. The fraction of sp³-hybridized carbons (Fsp3) is 0.241. The molecule has 0 unspecified atom stereocenters. The van der Waals surface area contributed by atoms with E-state index < -0.39 is 0 Å². The van der Waals surface area contributed by atoms with E-state index in [0.717, 1.165) is 28.5 Å². The number of fused-ring (bicyclic) bond motifs is 1. The standard InChI is InChI=1S/C29H28N2O2/c32-29(27(23-9-3-1-4-10-23)24-11-5-2-6-12-24)31-17-18-33-21-22(20-31)19-26-14-7-13-25-15-8-16-30-28(25)26/h1-16,22,27H,17-21H2/t22-/m0/s1. The first-order valence-corrected chi connectivity index (χ1v) is 11.6. The number of benzene rings is 3. The Balaban J connectivity index is 1.41. The van der Waals surface area contributed by atoms with E-state index in [0.29, 0.717) is 26.3 Å². The normalized spacial score (nSPS) is 16.6. The fourth-order valence-electron chi connectivity index (χ4n) is 4.80. The first-order chi connectivity index (χ1) is 16.3. The number of ether oxygens (including phenoxy) is 1. The molecule has 1 aromatic heterocycles. The summed E-state index contributed by atoms with van der Waals surface area (Å²) in [5.41, 5.74) is 4.29. The van der Waals surface area contributed by atoms with Crippen molar-refractivity contribution < 1.29 is 9.53 Å². The van der Waals surface area contributed by atoms with E-state index in [-0.39, 0.29) is 17.7 Å². The molecule has 33 heavy (non-hydrogen) atoms. The number of amides is 1. The Morgan fingerprint density at radius 3 is 2.33 bits per heavy atom. The summed E-state index contributed by atoms with van der Waals surface area (Å²) in [6.45, 7) is 2.50. The van der Waals surface area contributed by atoms with E-state index in [1.54, 1.807) is 0 Å². The monoisotopic (exact) mass is 436 g/mol. The van der Waals surface area contributed by atoms with E-state index in [1.807, 2.05) is 77.8 Å². The number of pyridine rings is 1. The van der Waals surface area contributed by atoms with Crippen LogP contribution in [0.15, 0.2) is 97.2 Å². The number of rotatable bonds is 5. The molecule has 0 saturated carbocycles. The van der Waals surface area contributed by atoms with Crippen molar-refractivity contribution in [1.82, 2.24) is 9.88 Å². The van der Waals surface area contributed by atoms with Gasteiger partial charge in [-0.3, -0.25) is 9.78 Å². The van der Waals surface area contributed by atoms with Gasteiger partial charge in [0.2, 0.25) is 5.91 Å². The van der Waals surface area contributed by atoms with E-state index in [9.17, 15) is 4.79 Å². The van der Waals surface area contributed by atoms with Gasteiger partial charge < -0.3 is 9.64 Å². The van der Waals surface area contributed by atoms with E-state index in [4.69, 9.17) is 4.74 Å². The van der Waals surface area contributed by atoms with Gasteiger partial charge in [0.1, 0.15) is 0 Å². The van der Waals surface area contributed by atoms with Crippen LogP contribution in [-0.4, -0.2) is 42.1 Å². The predicted octanol–water partition coefficient (Wildman–Crippen LogP) is 5.08. The second-order valence-electron chi connectivity index (χ2n) is 8.68. The van der Waals surface area contributed by atoms with Gasteiger partial charge in [-0.25, -0.2) is 0 Å². The Bertz CT molecular complexity index is 1170. The lowest BCUT2D eigenvalue weighted by atomic mass is 9.89. The zero-order chi connectivity index (χ0) is 22.5. The van der Waals surface area contributed by atoms with Gasteiger partial charge in [0.15, 0.2) is 0 Å². The summed E-state index contributed by atoms with van der Waals surface area (Å²) in [5, 5.41) is 1.14. The maximum absolute atomic E-state index is 13.9. The summed E-state index contributed by atoms with van der Waals surface area (Å²) in [7, 11) is 0. The lowest BCUT2D eigenvalue weighted by molar-refractivity contribution is -0.132. The third-order valence-corrected chi connectivity index (χ3v) is 6.39. The summed E-state index contributed by atoms with van der Waals surface area (Å²) in [4.78, 5) is 20.5. The molecular formula is C29H28N2O2. The highest BCUT2D eigenvalue weighted by Gasteiger charge is 2.30. The third-order valence-electron chi connectivity index (χ3n) is 6.39. The quantitative estimate of drug-likeness (QED) is 0.438. The molecule has 1 saturated heterocycles. The first kappa shape index (κ1) is 21.4. The van der Waals surface area contributed by atoms with E-state index >= 15 is 0 Å². The minimum absolute atomic E-state index is 0.138. The molecule has 5 rings (SSSR count). The molecule has 0 N–H and O–H groups in total. The molecule has 1 atom stereocenters. The molecular weight excluding hydrogens is 408 g/mol. The average Bonchev–Trinajstić information content (AvgIpc) is 3.11. The minimum Gasteiger partial charge on any atom is -0.379 e. The lowest BCUT2D eigenvalue weighted by Crippen LogP contribution is -2.39. The smallest absolute Gasteiger partial charge is 0.234 e. The van der Waals surface area contributed by atoms with Crippen molar-refractivity contribution in [3.8, 4) is 0 Å². The molecule has 1 amide bonds. The van der Waals surface area contributed by atoms with Crippen molar-refractivity contribution in [3.05, 3.63) is 114 Å². The number of hydrogen-bond acceptors (Lipinski definition) is 3. The van der Waals surface area contributed by atoms with Crippen molar-refractivity contribution >= 4 is 16.8 Å². The summed E-state index contributed by atoms with van der Waals surface area (Å²) in [5.74, 6) is 0.0422. The van der Waals surface area contributed by atoms with E-state index in [1.165, 1.54) is 5.56 Å². The van der Waals surface area contributed by atoms with Gasteiger partial charge >= 0.3 is 0 Å². The highest BCUT2D eigenvalue weighted by Crippen LogP contribution is 2.28. The maximum Gasteiger partial charge on any atom is 0.234 e. The van der Waals surface area contributed by atoms with Gasteiger partial charge in [0.05, 0.1) is 24.6 Å². The van der Waals surface area contributed by atoms with Crippen molar-refractivity contribution in [2.24, 2.45) is 5.92 Å². The van der Waals surface area contributed by atoms with Crippen molar-refractivity contribution in [2.45, 2.75) is 12.3 Å². The molecule has 1 aliphatic rings. The Kier molecular flexibility index (Phi) is 6.45. The first-order valence-electron chi connectivity index (χ1n) is 11.6. The molecule has 3 aromatic carbocycles. The molecule has 0 radical (unpaired) electrons. The zero-order valence-corrected chi connectivity index (χ0v) is 18.6. The number of hydrogen-bond donors (Lipinski definition) is 0. The summed E-state index contributed by atoms with van der Waals surface area (Å²) in [6, 6.07) is 30.5. The predicted molar refractivity (Wildman–Crippen MR) is 131 cm³/mol. The van der Waals surface area contributed by atoms with Gasteiger partial charge in [-0.05, 0) is 29.2 Å². The topological polar surface area (TPSA) is 42.4 Å². The molecule has 0 aliphatic carbocycles.